The lowest BCUT2D eigenvalue weighted by atomic mass is 10.0. The summed E-state index contributed by atoms with van der Waals surface area (Å²) in [6.07, 6.45) is 32.9. The molecule has 0 aliphatic heterocycles. The maximum Gasteiger partial charge on any atom is 0.303 e. The van der Waals surface area contributed by atoms with Crippen molar-refractivity contribution in [2.75, 3.05) is 26.2 Å². The third-order valence-corrected chi connectivity index (χ3v) is 8.95. The Hall–Kier alpha value is -1.89. The van der Waals surface area contributed by atoms with E-state index in [1.165, 1.54) is 109 Å². The molecule has 258 valence electrons. The van der Waals surface area contributed by atoms with Gasteiger partial charge in [-0.2, -0.15) is 0 Å². The van der Waals surface area contributed by atoms with Crippen LogP contribution in [0.4, 0.5) is 0 Å². The van der Waals surface area contributed by atoms with E-state index < -0.39 is 17.9 Å². The highest BCUT2D eigenvalue weighted by Gasteiger charge is 2.26. The summed E-state index contributed by atoms with van der Waals surface area (Å²) in [6, 6.07) is 0. The Morgan fingerprint density at radius 1 is 0.477 bits per heavy atom. The molecule has 0 aromatic rings. The summed E-state index contributed by atoms with van der Waals surface area (Å²) in [7, 11) is 0. The zero-order valence-electron chi connectivity index (χ0n) is 28.5. The Balaban J connectivity index is 4.27. The van der Waals surface area contributed by atoms with Crippen LogP contribution in [0.25, 0.3) is 0 Å². The molecule has 0 spiro atoms. The summed E-state index contributed by atoms with van der Waals surface area (Å²) in [5.41, 5.74) is 0. The number of aliphatic carboxylic acids is 3. The first-order valence-corrected chi connectivity index (χ1v) is 18.4. The van der Waals surface area contributed by atoms with Gasteiger partial charge in [0, 0.05) is 18.8 Å². The fraction of sp³-hybridized carbons (Fsp3) is 0.865. The van der Waals surface area contributed by atoms with E-state index in [0.717, 1.165) is 56.3 Å². The van der Waals surface area contributed by atoms with Crippen molar-refractivity contribution in [1.29, 1.82) is 0 Å². The van der Waals surface area contributed by atoms with Crippen LogP contribution < -0.4 is 5.11 Å². The number of hydrogen-bond donors (Lipinski definition) is 2. The first-order chi connectivity index (χ1) is 21.3. The highest BCUT2D eigenvalue weighted by molar-refractivity contribution is 5.66. The summed E-state index contributed by atoms with van der Waals surface area (Å²) in [4.78, 5) is 32.9. The van der Waals surface area contributed by atoms with E-state index in [-0.39, 0.29) is 19.3 Å². The average molecular weight is 624 g/mol. The van der Waals surface area contributed by atoms with Crippen molar-refractivity contribution in [3.63, 3.8) is 0 Å². The van der Waals surface area contributed by atoms with Gasteiger partial charge in [-0.3, -0.25) is 9.59 Å². The molecule has 44 heavy (non-hydrogen) atoms. The molecule has 0 fully saturated rings. The Bertz CT molecular complexity index is 668. The molecular weight excluding hydrogens is 554 g/mol. The van der Waals surface area contributed by atoms with Gasteiger partial charge in [0.15, 0.2) is 0 Å². The largest absolute Gasteiger partial charge is 0.550 e. The van der Waals surface area contributed by atoms with E-state index in [9.17, 15) is 19.5 Å². The molecule has 0 aromatic carbocycles. The zero-order valence-corrected chi connectivity index (χ0v) is 28.5. The molecule has 7 nitrogen and oxygen atoms in total. The van der Waals surface area contributed by atoms with Gasteiger partial charge >= 0.3 is 11.9 Å². The molecule has 0 heterocycles. The van der Waals surface area contributed by atoms with Gasteiger partial charge in [0.1, 0.15) is 0 Å². The lowest BCUT2D eigenvalue weighted by Gasteiger charge is -2.39. The minimum Gasteiger partial charge on any atom is -0.550 e. The molecule has 0 saturated heterocycles. The topological polar surface area (TPSA) is 115 Å². The van der Waals surface area contributed by atoms with Gasteiger partial charge in [-0.15, -0.1) is 0 Å². The number of carboxylic acids is 3. The average Bonchev–Trinajstić information content (AvgIpc) is 2.98. The van der Waals surface area contributed by atoms with E-state index in [0.29, 0.717) is 19.3 Å². The van der Waals surface area contributed by atoms with Crippen molar-refractivity contribution in [2.45, 2.75) is 180 Å². The molecule has 7 heteroatoms. The molecule has 0 aromatic heterocycles. The molecule has 0 saturated carbocycles. The Morgan fingerprint density at radius 2 is 0.795 bits per heavy atom. The zero-order chi connectivity index (χ0) is 32.6. The lowest BCUT2D eigenvalue weighted by molar-refractivity contribution is -0.929. The van der Waals surface area contributed by atoms with Gasteiger partial charge in [-0.1, -0.05) is 96.1 Å². The van der Waals surface area contributed by atoms with Gasteiger partial charge < -0.3 is 24.6 Å². The van der Waals surface area contributed by atoms with E-state index >= 15 is 0 Å². The second-order valence-corrected chi connectivity index (χ2v) is 13.1. The fourth-order valence-corrected chi connectivity index (χ4v) is 6.24. The number of nitrogens with zero attached hydrogens (tertiary/aromatic N) is 1. The lowest BCUT2D eigenvalue weighted by Crippen LogP contribution is -2.51. The number of allylic oxidation sites excluding steroid dienone is 2. The molecule has 0 rings (SSSR count). The van der Waals surface area contributed by atoms with Gasteiger partial charge in [0.2, 0.25) is 0 Å². The van der Waals surface area contributed by atoms with E-state index in [1.807, 2.05) is 0 Å². The van der Waals surface area contributed by atoms with Crippen LogP contribution in [-0.2, 0) is 14.4 Å². The monoisotopic (exact) mass is 624 g/mol. The quantitative estimate of drug-likeness (QED) is 0.0414. The van der Waals surface area contributed by atoms with Crippen molar-refractivity contribution in [1.82, 2.24) is 0 Å². The van der Waals surface area contributed by atoms with Crippen molar-refractivity contribution in [3.05, 3.63) is 12.2 Å². The maximum absolute atomic E-state index is 11.0. The number of carbonyl (C=O) groups is 3. The second kappa shape index (κ2) is 31.1. The molecular formula is C37H69NO6. The van der Waals surface area contributed by atoms with Crippen molar-refractivity contribution in [3.8, 4) is 0 Å². The van der Waals surface area contributed by atoms with Crippen molar-refractivity contribution in [2.24, 2.45) is 0 Å². The summed E-state index contributed by atoms with van der Waals surface area (Å²) in [5.74, 6) is -2.57. The second-order valence-electron chi connectivity index (χ2n) is 13.1. The SMILES string of the molecule is CCCCCCCCCCC/C=C/CCCCCCCCC[N+](CCCCC(=O)[O-])(CCCCC(=O)O)CCCCC(=O)O. The van der Waals surface area contributed by atoms with Crippen LogP contribution in [0.3, 0.4) is 0 Å². The van der Waals surface area contributed by atoms with Crippen LogP contribution in [0.15, 0.2) is 12.2 Å². The van der Waals surface area contributed by atoms with E-state index in [1.54, 1.807) is 0 Å². The first-order valence-electron chi connectivity index (χ1n) is 18.4. The van der Waals surface area contributed by atoms with Gasteiger partial charge in [0.25, 0.3) is 0 Å². The van der Waals surface area contributed by atoms with Crippen LogP contribution in [0.5, 0.6) is 0 Å². The number of unbranched alkanes of at least 4 members (excludes halogenated alkanes) is 19. The Labute approximate surface area is 270 Å². The molecule has 0 bridgehead atoms. The van der Waals surface area contributed by atoms with Crippen LogP contribution in [0, 0.1) is 0 Å². The molecule has 2 N–H and O–H groups in total. The van der Waals surface area contributed by atoms with Crippen molar-refractivity contribution >= 4 is 17.9 Å². The van der Waals surface area contributed by atoms with Crippen LogP contribution in [-0.4, -0.2) is 58.8 Å². The van der Waals surface area contributed by atoms with E-state index in [2.05, 4.69) is 19.1 Å². The molecule has 0 amide bonds. The van der Waals surface area contributed by atoms with Crippen LogP contribution in [0.2, 0.25) is 0 Å². The van der Waals surface area contributed by atoms with Gasteiger partial charge in [-0.05, 0) is 83.5 Å². The highest BCUT2D eigenvalue weighted by Crippen LogP contribution is 2.20. The highest BCUT2D eigenvalue weighted by atomic mass is 16.4. The molecule has 0 unspecified atom stereocenters. The predicted molar refractivity (Wildman–Crippen MR) is 179 cm³/mol. The Morgan fingerprint density at radius 3 is 1.16 bits per heavy atom. The first kappa shape index (κ1) is 42.1. The van der Waals surface area contributed by atoms with Gasteiger partial charge in [-0.25, -0.2) is 0 Å². The van der Waals surface area contributed by atoms with Crippen LogP contribution in [0.1, 0.15) is 180 Å². The summed E-state index contributed by atoms with van der Waals surface area (Å²) >= 11 is 0. The number of carbonyl (C=O) groups excluding carboxylic acids is 1. The predicted octanol–water partition coefficient (Wildman–Crippen LogP) is 8.83. The normalized spacial score (nSPS) is 11.8. The molecule has 0 radical (unpaired) electrons. The van der Waals surface area contributed by atoms with E-state index in [4.69, 9.17) is 10.2 Å². The minimum atomic E-state index is -1.02. The van der Waals surface area contributed by atoms with Gasteiger partial charge in [0.05, 0.1) is 26.2 Å². The Kier molecular flexibility index (Phi) is 29.8. The standard InChI is InChI=1S/C37H69NO6/c1-2-3-4-5-6-7-8-9-10-11-12-13-14-15-16-17-18-19-20-24-31-38(32-25-21-28-35(39)40,33-26-22-29-36(41)42)34-27-23-30-37(43)44/h12-13H,2-11,14-34H2,1H3,(H2-,39,40,41,42,43,44)/b13-12+. The molecule has 0 aliphatic carbocycles. The minimum absolute atomic E-state index is 0.0626. The molecule has 0 aliphatic rings. The summed E-state index contributed by atoms with van der Waals surface area (Å²) < 4.78 is 0.845. The number of quaternary nitrogens is 1. The maximum atomic E-state index is 11.0. The van der Waals surface area contributed by atoms with Crippen molar-refractivity contribution < 1.29 is 34.2 Å². The smallest absolute Gasteiger partial charge is 0.303 e. The third-order valence-electron chi connectivity index (χ3n) is 8.95. The third kappa shape index (κ3) is 30.1. The summed E-state index contributed by atoms with van der Waals surface area (Å²) in [5, 5.41) is 29.0. The fourth-order valence-electron chi connectivity index (χ4n) is 6.24. The number of rotatable bonds is 35. The number of carboxylic acid groups (broad SMARTS) is 3. The van der Waals surface area contributed by atoms with Crippen LogP contribution >= 0.6 is 0 Å². The molecule has 0 atom stereocenters. The number of hydrogen-bond acceptors (Lipinski definition) is 4. The summed E-state index contributed by atoms with van der Waals surface area (Å²) in [6.45, 7) is 5.88.